The molecule has 24 heavy (non-hydrogen) atoms. The summed E-state index contributed by atoms with van der Waals surface area (Å²) in [7, 11) is 0. The van der Waals surface area contributed by atoms with E-state index >= 15 is 0 Å². The molecule has 4 nitrogen and oxygen atoms in total. The Hall–Kier alpha value is -2.37. The van der Waals surface area contributed by atoms with E-state index in [1.54, 1.807) is 30.4 Å². The zero-order chi connectivity index (χ0) is 16.9. The zero-order valence-corrected chi connectivity index (χ0v) is 14.1. The van der Waals surface area contributed by atoms with Crippen LogP contribution in [-0.4, -0.2) is 23.7 Å². The summed E-state index contributed by atoms with van der Waals surface area (Å²) in [6.07, 6.45) is -1.37. The van der Waals surface area contributed by atoms with Crippen LogP contribution in [0, 0.1) is 0 Å². The van der Waals surface area contributed by atoms with Crippen LogP contribution in [0.25, 0.3) is 10.1 Å². The second-order valence-electron chi connectivity index (χ2n) is 5.52. The maximum absolute atomic E-state index is 12.1. The number of hydrogen-bond donors (Lipinski definition) is 2. The highest BCUT2D eigenvalue weighted by molar-refractivity contribution is 7.17. The van der Waals surface area contributed by atoms with Gasteiger partial charge >= 0.3 is 0 Å². The molecule has 124 valence electrons. The first-order valence-corrected chi connectivity index (χ1v) is 8.66. The number of amides is 1. The van der Waals surface area contributed by atoms with Crippen LogP contribution >= 0.6 is 11.3 Å². The number of para-hydroxylation sites is 1. The number of ether oxygens (including phenoxy) is 1. The van der Waals surface area contributed by atoms with Gasteiger partial charge in [-0.2, -0.15) is 0 Å². The quantitative estimate of drug-likeness (QED) is 0.721. The first-order chi connectivity index (χ1) is 11.6. The minimum atomic E-state index is -0.742. The van der Waals surface area contributed by atoms with Crippen molar-refractivity contribution in [2.24, 2.45) is 0 Å². The Morgan fingerprint density at radius 1 is 1.17 bits per heavy atom. The van der Waals surface area contributed by atoms with Crippen molar-refractivity contribution in [2.45, 2.75) is 19.1 Å². The normalized spacial score (nSPS) is 13.4. The number of carbonyl (C=O) groups excluding carboxylic acids is 1. The SMILES string of the molecule is C[C@H](Oc1ccccc1)C(=O)NC[C@@H](O)c1csc2ccccc12. The van der Waals surface area contributed by atoms with Crippen LogP contribution in [0.2, 0.25) is 0 Å². The molecule has 0 fully saturated rings. The number of thiophene rings is 1. The molecule has 5 heteroatoms. The minimum absolute atomic E-state index is 0.155. The summed E-state index contributed by atoms with van der Waals surface area (Å²) in [5.74, 6) is 0.391. The fraction of sp³-hybridized carbons (Fsp3) is 0.211. The molecule has 3 aromatic rings. The van der Waals surface area contributed by atoms with Crippen LogP contribution in [-0.2, 0) is 4.79 Å². The van der Waals surface area contributed by atoms with E-state index in [1.807, 2.05) is 47.8 Å². The molecule has 0 aliphatic carbocycles. The monoisotopic (exact) mass is 341 g/mol. The number of aliphatic hydroxyl groups is 1. The maximum Gasteiger partial charge on any atom is 0.260 e. The van der Waals surface area contributed by atoms with Gasteiger partial charge in [0.05, 0.1) is 6.10 Å². The lowest BCUT2D eigenvalue weighted by Gasteiger charge is -2.16. The molecule has 1 amide bonds. The van der Waals surface area contributed by atoms with Gasteiger partial charge in [0.1, 0.15) is 5.75 Å². The molecule has 0 aliphatic rings. The van der Waals surface area contributed by atoms with Gasteiger partial charge < -0.3 is 15.2 Å². The smallest absolute Gasteiger partial charge is 0.260 e. The van der Waals surface area contributed by atoms with Crippen molar-refractivity contribution in [3.8, 4) is 5.75 Å². The van der Waals surface area contributed by atoms with E-state index in [0.29, 0.717) is 5.75 Å². The number of aliphatic hydroxyl groups excluding tert-OH is 1. The Kier molecular flexibility index (Phi) is 5.13. The summed E-state index contributed by atoms with van der Waals surface area (Å²) in [6.45, 7) is 1.84. The van der Waals surface area contributed by atoms with Crippen molar-refractivity contribution < 1.29 is 14.6 Å². The summed E-state index contributed by atoms with van der Waals surface area (Å²) < 4.78 is 6.70. The van der Waals surface area contributed by atoms with Crippen LogP contribution in [0.1, 0.15) is 18.6 Å². The highest BCUT2D eigenvalue weighted by atomic mass is 32.1. The standard InChI is InChI=1S/C19H19NO3S/c1-13(23-14-7-3-2-4-8-14)19(22)20-11-17(21)16-12-24-18-10-6-5-9-15(16)18/h2-10,12-13,17,21H,11H2,1H3,(H,20,22)/t13-,17+/m0/s1. The summed E-state index contributed by atoms with van der Waals surface area (Å²) >= 11 is 1.59. The third kappa shape index (κ3) is 3.75. The Labute approximate surface area is 144 Å². The summed E-state index contributed by atoms with van der Waals surface area (Å²) in [6, 6.07) is 17.1. The van der Waals surface area contributed by atoms with Crippen molar-refractivity contribution in [2.75, 3.05) is 6.54 Å². The third-order valence-corrected chi connectivity index (χ3v) is 4.75. The number of benzene rings is 2. The van der Waals surface area contributed by atoms with Gasteiger partial charge in [0.2, 0.25) is 0 Å². The average Bonchev–Trinajstić information content (AvgIpc) is 3.04. The Morgan fingerprint density at radius 2 is 1.88 bits per heavy atom. The third-order valence-electron chi connectivity index (χ3n) is 3.76. The molecule has 0 saturated heterocycles. The highest BCUT2D eigenvalue weighted by Gasteiger charge is 2.18. The topological polar surface area (TPSA) is 58.6 Å². The van der Waals surface area contributed by atoms with Crippen LogP contribution < -0.4 is 10.1 Å². The summed E-state index contributed by atoms with van der Waals surface area (Å²) in [4.78, 5) is 12.1. The van der Waals surface area contributed by atoms with Gasteiger partial charge in [-0.3, -0.25) is 4.79 Å². The zero-order valence-electron chi connectivity index (χ0n) is 13.3. The molecule has 3 rings (SSSR count). The molecule has 0 spiro atoms. The number of hydrogen-bond acceptors (Lipinski definition) is 4. The lowest BCUT2D eigenvalue weighted by atomic mass is 10.1. The van der Waals surface area contributed by atoms with Crippen molar-refractivity contribution >= 4 is 27.3 Å². The van der Waals surface area contributed by atoms with Crippen molar-refractivity contribution in [3.05, 3.63) is 65.5 Å². The highest BCUT2D eigenvalue weighted by Crippen LogP contribution is 2.29. The molecule has 0 bridgehead atoms. The van der Waals surface area contributed by atoms with Gasteiger partial charge in [-0.05, 0) is 35.9 Å². The van der Waals surface area contributed by atoms with E-state index < -0.39 is 12.2 Å². The van der Waals surface area contributed by atoms with Gasteiger partial charge in [0, 0.05) is 16.8 Å². The number of carbonyl (C=O) groups is 1. The molecule has 1 aromatic heterocycles. The van der Waals surface area contributed by atoms with Crippen LogP contribution in [0.15, 0.2) is 60.0 Å². The second kappa shape index (κ2) is 7.47. The van der Waals surface area contributed by atoms with E-state index in [-0.39, 0.29) is 12.5 Å². The van der Waals surface area contributed by atoms with Gasteiger partial charge in [-0.25, -0.2) is 0 Å². The fourth-order valence-corrected chi connectivity index (χ4v) is 3.47. The molecule has 2 aromatic carbocycles. The molecular weight excluding hydrogens is 322 g/mol. The average molecular weight is 341 g/mol. The van der Waals surface area contributed by atoms with Gasteiger partial charge in [-0.15, -0.1) is 11.3 Å². The first-order valence-electron chi connectivity index (χ1n) is 7.79. The molecule has 0 aliphatic heterocycles. The molecule has 0 unspecified atom stereocenters. The van der Waals surface area contributed by atoms with Crippen molar-refractivity contribution in [3.63, 3.8) is 0 Å². The summed E-state index contributed by atoms with van der Waals surface area (Å²) in [5.41, 5.74) is 0.840. The molecule has 0 saturated carbocycles. The van der Waals surface area contributed by atoms with Gasteiger partial charge in [0.25, 0.3) is 5.91 Å². The largest absolute Gasteiger partial charge is 0.481 e. The van der Waals surface area contributed by atoms with E-state index in [4.69, 9.17) is 4.74 Å². The fourth-order valence-electron chi connectivity index (χ4n) is 2.46. The molecule has 0 radical (unpaired) electrons. The predicted molar refractivity (Wildman–Crippen MR) is 96.3 cm³/mol. The molecule has 2 atom stereocenters. The molecule has 1 heterocycles. The molecule has 2 N–H and O–H groups in total. The van der Waals surface area contributed by atoms with Gasteiger partial charge in [0.15, 0.2) is 6.10 Å². The Morgan fingerprint density at radius 3 is 2.67 bits per heavy atom. The van der Waals surface area contributed by atoms with Crippen LogP contribution in [0.3, 0.4) is 0 Å². The maximum atomic E-state index is 12.1. The van der Waals surface area contributed by atoms with Crippen LogP contribution in [0.5, 0.6) is 5.75 Å². The first kappa shape index (κ1) is 16.5. The predicted octanol–water partition coefficient (Wildman–Crippen LogP) is 3.52. The van der Waals surface area contributed by atoms with Gasteiger partial charge in [-0.1, -0.05) is 36.4 Å². The van der Waals surface area contributed by atoms with E-state index in [9.17, 15) is 9.90 Å². The Balaban J connectivity index is 1.57. The van der Waals surface area contributed by atoms with Crippen molar-refractivity contribution in [1.82, 2.24) is 5.32 Å². The lowest BCUT2D eigenvalue weighted by Crippen LogP contribution is -2.38. The number of rotatable bonds is 6. The summed E-state index contributed by atoms with van der Waals surface area (Å²) in [5, 5.41) is 16.1. The molecular formula is C19H19NO3S. The number of nitrogens with one attached hydrogen (secondary N) is 1. The van der Waals surface area contributed by atoms with Crippen molar-refractivity contribution in [1.29, 1.82) is 0 Å². The minimum Gasteiger partial charge on any atom is -0.481 e. The van der Waals surface area contributed by atoms with E-state index in [1.165, 1.54) is 0 Å². The Bertz CT molecular complexity index is 816. The lowest BCUT2D eigenvalue weighted by molar-refractivity contribution is -0.127. The van der Waals surface area contributed by atoms with Crippen LogP contribution in [0.4, 0.5) is 0 Å². The second-order valence-corrected chi connectivity index (χ2v) is 6.43. The van der Waals surface area contributed by atoms with E-state index in [2.05, 4.69) is 5.32 Å². The van der Waals surface area contributed by atoms with E-state index in [0.717, 1.165) is 15.6 Å². The number of fused-ring (bicyclic) bond motifs is 1.